The summed E-state index contributed by atoms with van der Waals surface area (Å²) in [4.78, 5) is 11.8. The highest BCUT2D eigenvalue weighted by Crippen LogP contribution is 2.32. The van der Waals surface area contributed by atoms with Gasteiger partial charge in [-0.25, -0.2) is 8.42 Å². The Hall–Kier alpha value is -0.440. The fourth-order valence-electron chi connectivity index (χ4n) is 2.05. The second-order valence-corrected chi connectivity index (χ2v) is 8.66. The molecule has 1 aliphatic rings. The maximum absolute atomic E-state index is 12.5. The van der Waals surface area contributed by atoms with Gasteiger partial charge in [0, 0.05) is 6.54 Å². The Morgan fingerprint density at radius 3 is 2.89 bits per heavy atom. The summed E-state index contributed by atoms with van der Waals surface area (Å²) >= 11 is 4.39. The van der Waals surface area contributed by atoms with Crippen molar-refractivity contribution in [3.05, 3.63) is 15.9 Å². The number of ether oxygens (including phenoxy) is 1. The molecule has 0 aliphatic carbocycles. The number of hydrogen-bond donors (Lipinski definition) is 0. The first-order valence-electron chi connectivity index (χ1n) is 5.90. The molecule has 0 bridgehead atoms. The van der Waals surface area contributed by atoms with Crippen molar-refractivity contribution in [3.8, 4) is 0 Å². The van der Waals surface area contributed by atoms with Gasteiger partial charge in [-0.1, -0.05) is 0 Å². The zero-order valence-electron chi connectivity index (χ0n) is 10.3. The molecule has 1 fully saturated rings. The Kier molecular flexibility index (Phi) is 4.65. The van der Waals surface area contributed by atoms with Crippen LogP contribution in [0.5, 0.6) is 0 Å². The number of halogens is 1. The lowest BCUT2D eigenvalue weighted by molar-refractivity contribution is -0.146. The van der Waals surface area contributed by atoms with E-state index in [2.05, 4.69) is 15.9 Å². The summed E-state index contributed by atoms with van der Waals surface area (Å²) in [5.41, 5.74) is 0. The molecule has 19 heavy (non-hydrogen) atoms. The first kappa shape index (κ1) is 15.0. The molecule has 0 N–H and O–H groups in total. The SMILES string of the molecule is CCOC(=O)C1CCCN1S(=O)(=O)c1ccc(Br)s1. The van der Waals surface area contributed by atoms with Gasteiger partial charge in [-0.3, -0.25) is 4.79 Å². The van der Waals surface area contributed by atoms with E-state index in [1.807, 2.05) is 0 Å². The highest BCUT2D eigenvalue weighted by atomic mass is 79.9. The van der Waals surface area contributed by atoms with Gasteiger partial charge in [0.2, 0.25) is 0 Å². The number of hydrogen-bond acceptors (Lipinski definition) is 5. The van der Waals surface area contributed by atoms with Gasteiger partial charge in [0.25, 0.3) is 10.0 Å². The van der Waals surface area contributed by atoms with E-state index in [1.54, 1.807) is 19.1 Å². The van der Waals surface area contributed by atoms with Crippen LogP contribution in [0.3, 0.4) is 0 Å². The summed E-state index contributed by atoms with van der Waals surface area (Å²) in [6.45, 7) is 2.33. The molecule has 1 aromatic heterocycles. The summed E-state index contributed by atoms with van der Waals surface area (Å²) in [5, 5.41) is 0. The van der Waals surface area contributed by atoms with Gasteiger partial charge < -0.3 is 4.74 Å². The second-order valence-electron chi connectivity index (χ2n) is 4.08. The number of sulfonamides is 1. The molecule has 1 saturated heterocycles. The van der Waals surface area contributed by atoms with Crippen LogP contribution in [0.2, 0.25) is 0 Å². The molecule has 1 unspecified atom stereocenters. The molecule has 0 radical (unpaired) electrons. The predicted molar refractivity (Wildman–Crippen MR) is 75.6 cm³/mol. The Balaban J connectivity index is 2.27. The van der Waals surface area contributed by atoms with Crippen molar-refractivity contribution in [2.24, 2.45) is 0 Å². The molecule has 106 valence electrons. The highest BCUT2D eigenvalue weighted by Gasteiger charge is 2.40. The van der Waals surface area contributed by atoms with Crippen molar-refractivity contribution in [2.75, 3.05) is 13.2 Å². The Bertz CT molecular complexity index is 569. The summed E-state index contributed by atoms with van der Waals surface area (Å²) in [6.07, 6.45) is 1.19. The van der Waals surface area contributed by atoms with E-state index in [-0.39, 0.29) is 10.8 Å². The van der Waals surface area contributed by atoms with Gasteiger partial charge in [-0.05, 0) is 47.8 Å². The van der Waals surface area contributed by atoms with Crippen LogP contribution in [0.1, 0.15) is 19.8 Å². The zero-order valence-corrected chi connectivity index (χ0v) is 13.6. The molecule has 2 rings (SSSR count). The minimum absolute atomic E-state index is 0.246. The van der Waals surface area contributed by atoms with Gasteiger partial charge in [0.15, 0.2) is 0 Å². The van der Waals surface area contributed by atoms with E-state index in [0.29, 0.717) is 19.4 Å². The van der Waals surface area contributed by atoms with Gasteiger partial charge >= 0.3 is 5.97 Å². The lowest BCUT2D eigenvalue weighted by atomic mass is 10.2. The van der Waals surface area contributed by atoms with Crippen molar-refractivity contribution in [1.82, 2.24) is 4.31 Å². The van der Waals surface area contributed by atoms with Crippen molar-refractivity contribution >= 4 is 43.3 Å². The van der Waals surface area contributed by atoms with E-state index >= 15 is 0 Å². The lowest BCUT2D eigenvalue weighted by Gasteiger charge is -2.21. The Morgan fingerprint density at radius 1 is 1.58 bits per heavy atom. The molecule has 0 spiro atoms. The van der Waals surface area contributed by atoms with E-state index < -0.39 is 22.0 Å². The van der Waals surface area contributed by atoms with Gasteiger partial charge in [-0.15, -0.1) is 11.3 Å². The summed E-state index contributed by atoms with van der Waals surface area (Å²) in [6, 6.07) is 2.54. The molecular weight excluding hydrogens is 354 g/mol. The van der Waals surface area contributed by atoms with Crippen LogP contribution in [0.25, 0.3) is 0 Å². The van der Waals surface area contributed by atoms with E-state index in [1.165, 1.54) is 4.31 Å². The predicted octanol–water partition coefficient (Wildman–Crippen LogP) is 2.23. The minimum atomic E-state index is -3.61. The maximum atomic E-state index is 12.5. The van der Waals surface area contributed by atoms with Crippen molar-refractivity contribution in [3.63, 3.8) is 0 Å². The smallest absolute Gasteiger partial charge is 0.324 e. The normalized spacial score (nSPS) is 20.6. The third-order valence-corrected chi connectivity index (χ3v) is 6.87. The first-order chi connectivity index (χ1) is 8.96. The van der Waals surface area contributed by atoms with Crippen molar-refractivity contribution in [2.45, 2.75) is 30.0 Å². The summed E-state index contributed by atoms with van der Waals surface area (Å²) < 4.78 is 32.1. The van der Waals surface area contributed by atoms with Crippen LogP contribution < -0.4 is 0 Å². The molecule has 2 heterocycles. The minimum Gasteiger partial charge on any atom is -0.465 e. The van der Waals surface area contributed by atoms with E-state index in [4.69, 9.17) is 4.74 Å². The molecule has 0 amide bonds. The fraction of sp³-hybridized carbons (Fsp3) is 0.545. The lowest BCUT2D eigenvalue weighted by Crippen LogP contribution is -2.41. The number of rotatable bonds is 4. The van der Waals surface area contributed by atoms with Gasteiger partial charge in [0.05, 0.1) is 10.4 Å². The molecule has 1 aromatic rings. The van der Waals surface area contributed by atoms with Crippen LogP contribution in [0, 0.1) is 0 Å². The second kappa shape index (κ2) is 5.90. The van der Waals surface area contributed by atoms with Gasteiger partial charge in [-0.2, -0.15) is 4.31 Å². The van der Waals surface area contributed by atoms with Crippen LogP contribution in [0.4, 0.5) is 0 Å². The standard InChI is InChI=1S/C11H14BrNO4S2/c1-2-17-11(14)8-4-3-7-13(8)19(15,16)10-6-5-9(12)18-10/h5-6,8H,2-4,7H2,1H3. The third kappa shape index (κ3) is 3.01. The number of thiophene rings is 1. The fourth-order valence-corrected chi connectivity index (χ4v) is 5.84. The molecule has 5 nitrogen and oxygen atoms in total. The number of carbonyl (C=O) groups is 1. The topological polar surface area (TPSA) is 63.7 Å². The third-order valence-electron chi connectivity index (χ3n) is 2.87. The van der Waals surface area contributed by atoms with E-state index in [9.17, 15) is 13.2 Å². The summed E-state index contributed by atoms with van der Waals surface area (Å²) in [7, 11) is -3.61. The molecule has 0 saturated carbocycles. The molecule has 1 aliphatic heterocycles. The van der Waals surface area contributed by atoms with Crippen molar-refractivity contribution < 1.29 is 17.9 Å². The monoisotopic (exact) mass is 367 g/mol. The number of nitrogens with zero attached hydrogens (tertiary/aromatic N) is 1. The van der Waals surface area contributed by atoms with Crippen LogP contribution in [-0.4, -0.2) is 37.9 Å². The van der Waals surface area contributed by atoms with E-state index in [0.717, 1.165) is 15.1 Å². The molecule has 0 aromatic carbocycles. The van der Waals surface area contributed by atoms with Gasteiger partial charge in [0.1, 0.15) is 10.3 Å². The Labute approximate surface area is 124 Å². The molecule has 1 atom stereocenters. The highest BCUT2D eigenvalue weighted by molar-refractivity contribution is 9.11. The Morgan fingerprint density at radius 2 is 2.32 bits per heavy atom. The largest absolute Gasteiger partial charge is 0.465 e. The van der Waals surface area contributed by atoms with Crippen LogP contribution in [-0.2, 0) is 19.6 Å². The van der Waals surface area contributed by atoms with Crippen LogP contribution in [0.15, 0.2) is 20.1 Å². The average Bonchev–Trinajstić information content (AvgIpc) is 2.97. The maximum Gasteiger partial charge on any atom is 0.324 e. The van der Waals surface area contributed by atoms with Crippen molar-refractivity contribution in [1.29, 1.82) is 0 Å². The molecule has 8 heteroatoms. The first-order valence-corrected chi connectivity index (χ1v) is 8.95. The summed E-state index contributed by atoms with van der Waals surface area (Å²) in [5.74, 6) is -0.459. The zero-order chi connectivity index (χ0) is 14.0. The number of carbonyl (C=O) groups excluding carboxylic acids is 1. The molecular formula is C11H14BrNO4S2. The quantitative estimate of drug-likeness (QED) is 0.765. The average molecular weight is 368 g/mol. The number of esters is 1. The van der Waals surface area contributed by atoms with Crippen LogP contribution >= 0.6 is 27.3 Å².